The van der Waals surface area contributed by atoms with Gasteiger partial charge >= 0.3 is 5.97 Å². The first-order valence-corrected chi connectivity index (χ1v) is 7.53. The van der Waals surface area contributed by atoms with Crippen molar-refractivity contribution in [2.24, 2.45) is 0 Å². The third-order valence-corrected chi connectivity index (χ3v) is 3.27. The van der Waals surface area contributed by atoms with Crippen molar-refractivity contribution in [3.05, 3.63) is 58.9 Å². The Hall–Kier alpha value is -2.60. The third kappa shape index (κ3) is 4.70. The Morgan fingerprint density at radius 3 is 2.71 bits per heavy atom. The van der Waals surface area contributed by atoms with Crippen LogP contribution in [0.4, 0.5) is 10.1 Å². The summed E-state index contributed by atoms with van der Waals surface area (Å²) in [6.45, 7) is 1.73. The lowest BCUT2D eigenvalue weighted by Crippen LogP contribution is -2.21. The number of ether oxygens (including phenoxy) is 2. The summed E-state index contributed by atoms with van der Waals surface area (Å²) in [6.07, 6.45) is 0. The number of para-hydroxylation sites is 2. The molecule has 1 amide bonds. The number of carbonyl (C=O) groups is 2. The zero-order valence-corrected chi connectivity index (χ0v) is 13.6. The van der Waals surface area contributed by atoms with E-state index >= 15 is 0 Å². The van der Waals surface area contributed by atoms with Crippen LogP contribution in [0.15, 0.2) is 42.5 Å². The lowest BCUT2D eigenvalue weighted by Gasteiger charge is -2.11. The molecule has 2 rings (SSSR count). The van der Waals surface area contributed by atoms with Crippen LogP contribution in [0, 0.1) is 5.82 Å². The Bertz CT molecular complexity index is 751. The number of amides is 1. The molecular weight excluding hydrogens is 337 g/mol. The molecular formula is C17H15ClFNO4. The average molecular weight is 352 g/mol. The number of rotatable bonds is 6. The predicted molar refractivity (Wildman–Crippen MR) is 87.9 cm³/mol. The first-order chi connectivity index (χ1) is 11.5. The molecule has 0 aliphatic rings. The molecule has 0 spiro atoms. The molecule has 0 heterocycles. The highest BCUT2D eigenvalue weighted by molar-refractivity contribution is 6.33. The van der Waals surface area contributed by atoms with Gasteiger partial charge in [-0.05, 0) is 37.3 Å². The molecule has 2 aromatic carbocycles. The molecule has 0 atom stereocenters. The second-order valence-corrected chi connectivity index (χ2v) is 5.08. The van der Waals surface area contributed by atoms with E-state index < -0.39 is 24.3 Å². The van der Waals surface area contributed by atoms with Crippen LogP contribution in [0.5, 0.6) is 5.75 Å². The maximum absolute atomic E-state index is 13.2. The summed E-state index contributed by atoms with van der Waals surface area (Å²) < 4.78 is 23.4. The molecule has 126 valence electrons. The van der Waals surface area contributed by atoms with Gasteiger partial charge in [0.15, 0.2) is 6.61 Å². The smallest absolute Gasteiger partial charge is 0.340 e. The molecule has 0 aliphatic heterocycles. The lowest BCUT2D eigenvalue weighted by atomic mass is 10.2. The zero-order valence-electron chi connectivity index (χ0n) is 12.8. The molecule has 0 saturated carbocycles. The molecule has 0 saturated heterocycles. The van der Waals surface area contributed by atoms with Gasteiger partial charge in [-0.25, -0.2) is 9.18 Å². The van der Waals surface area contributed by atoms with E-state index in [1.54, 1.807) is 24.3 Å². The van der Waals surface area contributed by atoms with Crippen LogP contribution in [0.1, 0.15) is 17.3 Å². The molecule has 2 aromatic rings. The summed E-state index contributed by atoms with van der Waals surface area (Å²) in [5, 5.41) is 2.62. The highest BCUT2D eigenvalue weighted by Crippen LogP contribution is 2.23. The number of hydrogen-bond donors (Lipinski definition) is 1. The van der Waals surface area contributed by atoms with Crippen LogP contribution in [0.25, 0.3) is 0 Å². The van der Waals surface area contributed by atoms with E-state index in [9.17, 15) is 14.0 Å². The number of benzene rings is 2. The van der Waals surface area contributed by atoms with Gasteiger partial charge in [-0.3, -0.25) is 4.79 Å². The monoisotopic (exact) mass is 351 g/mol. The lowest BCUT2D eigenvalue weighted by molar-refractivity contribution is -0.119. The second kappa shape index (κ2) is 8.31. The fourth-order valence-electron chi connectivity index (χ4n) is 1.90. The molecule has 0 aromatic heterocycles. The predicted octanol–water partition coefficient (Wildman–Crippen LogP) is 3.67. The molecule has 5 nitrogen and oxygen atoms in total. The van der Waals surface area contributed by atoms with Crippen molar-refractivity contribution in [2.75, 3.05) is 18.5 Å². The van der Waals surface area contributed by atoms with Crippen molar-refractivity contribution in [2.45, 2.75) is 6.92 Å². The number of anilines is 1. The minimum absolute atomic E-state index is 0.0449. The summed E-state index contributed by atoms with van der Waals surface area (Å²) in [7, 11) is 0. The van der Waals surface area contributed by atoms with E-state index in [1.165, 1.54) is 6.07 Å². The van der Waals surface area contributed by atoms with Gasteiger partial charge < -0.3 is 14.8 Å². The van der Waals surface area contributed by atoms with Crippen LogP contribution in [0.3, 0.4) is 0 Å². The van der Waals surface area contributed by atoms with Crippen LogP contribution in [-0.2, 0) is 9.53 Å². The average Bonchev–Trinajstić information content (AvgIpc) is 2.57. The first kappa shape index (κ1) is 17.7. The number of halogens is 2. The van der Waals surface area contributed by atoms with Gasteiger partial charge in [-0.15, -0.1) is 0 Å². The standard InChI is InChI=1S/C17H15ClFNO4/c1-2-23-15-6-4-3-5-14(15)20-16(21)10-24-17(22)12-9-11(19)7-8-13(12)18/h3-9H,2,10H2,1H3,(H,20,21). The van der Waals surface area contributed by atoms with Crippen LogP contribution in [-0.4, -0.2) is 25.1 Å². The van der Waals surface area contributed by atoms with E-state index in [-0.39, 0.29) is 10.6 Å². The van der Waals surface area contributed by atoms with Gasteiger partial charge in [0.1, 0.15) is 11.6 Å². The van der Waals surface area contributed by atoms with Crippen molar-refractivity contribution in [3.8, 4) is 5.75 Å². The first-order valence-electron chi connectivity index (χ1n) is 7.15. The van der Waals surface area contributed by atoms with Crippen molar-refractivity contribution < 1.29 is 23.5 Å². The van der Waals surface area contributed by atoms with E-state index in [1.807, 2.05) is 6.92 Å². The minimum Gasteiger partial charge on any atom is -0.492 e. The van der Waals surface area contributed by atoms with E-state index in [2.05, 4.69) is 5.32 Å². The minimum atomic E-state index is -0.882. The van der Waals surface area contributed by atoms with Crippen molar-refractivity contribution in [3.63, 3.8) is 0 Å². The van der Waals surface area contributed by atoms with Gasteiger partial charge in [-0.1, -0.05) is 23.7 Å². The second-order valence-electron chi connectivity index (χ2n) is 4.68. The zero-order chi connectivity index (χ0) is 17.5. The van der Waals surface area contributed by atoms with E-state index in [0.717, 1.165) is 12.1 Å². The Labute approximate surface area is 143 Å². The Balaban J connectivity index is 1.96. The van der Waals surface area contributed by atoms with E-state index in [0.29, 0.717) is 18.0 Å². The number of carbonyl (C=O) groups excluding carboxylic acids is 2. The molecule has 0 bridgehead atoms. The molecule has 0 aliphatic carbocycles. The summed E-state index contributed by atoms with van der Waals surface area (Å²) >= 11 is 5.81. The van der Waals surface area contributed by atoms with Gasteiger partial charge in [0.2, 0.25) is 0 Å². The topological polar surface area (TPSA) is 64.6 Å². The summed E-state index contributed by atoms with van der Waals surface area (Å²) in [5.41, 5.74) is 0.323. The summed E-state index contributed by atoms with van der Waals surface area (Å²) in [6, 6.07) is 10.2. The SMILES string of the molecule is CCOc1ccccc1NC(=O)COC(=O)c1cc(F)ccc1Cl. The van der Waals surface area contributed by atoms with Crippen LogP contribution >= 0.6 is 11.6 Å². The van der Waals surface area contributed by atoms with Crippen molar-refractivity contribution in [1.29, 1.82) is 0 Å². The highest BCUT2D eigenvalue weighted by atomic mass is 35.5. The maximum atomic E-state index is 13.2. The molecule has 1 N–H and O–H groups in total. The Morgan fingerprint density at radius 2 is 1.96 bits per heavy atom. The highest BCUT2D eigenvalue weighted by Gasteiger charge is 2.15. The maximum Gasteiger partial charge on any atom is 0.340 e. The van der Waals surface area contributed by atoms with Crippen LogP contribution in [0.2, 0.25) is 5.02 Å². The molecule has 0 unspecified atom stereocenters. The third-order valence-electron chi connectivity index (χ3n) is 2.94. The van der Waals surface area contributed by atoms with E-state index in [4.69, 9.17) is 21.1 Å². The van der Waals surface area contributed by atoms with Crippen LogP contribution < -0.4 is 10.1 Å². The van der Waals surface area contributed by atoms with Crippen molar-refractivity contribution >= 4 is 29.2 Å². The Morgan fingerprint density at radius 1 is 1.21 bits per heavy atom. The van der Waals surface area contributed by atoms with Crippen molar-refractivity contribution in [1.82, 2.24) is 0 Å². The fraction of sp³-hybridized carbons (Fsp3) is 0.176. The van der Waals surface area contributed by atoms with Gasteiger partial charge in [0.25, 0.3) is 5.91 Å². The Kier molecular flexibility index (Phi) is 6.14. The summed E-state index contributed by atoms with van der Waals surface area (Å²) in [5.74, 6) is -1.55. The van der Waals surface area contributed by atoms with Gasteiger partial charge in [-0.2, -0.15) is 0 Å². The van der Waals surface area contributed by atoms with Gasteiger partial charge in [0, 0.05) is 0 Å². The normalized spacial score (nSPS) is 10.1. The fourth-order valence-corrected chi connectivity index (χ4v) is 2.10. The molecule has 0 radical (unpaired) electrons. The largest absolute Gasteiger partial charge is 0.492 e. The number of hydrogen-bond acceptors (Lipinski definition) is 4. The van der Waals surface area contributed by atoms with Gasteiger partial charge in [0.05, 0.1) is 22.9 Å². The molecule has 0 fully saturated rings. The quantitative estimate of drug-likeness (QED) is 0.806. The number of esters is 1. The number of nitrogens with one attached hydrogen (secondary N) is 1. The summed E-state index contributed by atoms with van der Waals surface area (Å²) in [4.78, 5) is 23.8. The molecule has 24 heavy (non-hydrogen) atoms. The molecule has 7 heteroatoms.